The molecule has 1 N–H and O–H groups in total. The minimum atomic E-state index is -0.344. The van der Waals surface area contributed by atoms with E-state index in [2.05, 4.69) is 15.5 Å². The Kier molecular flexibility index (Phi) is 5.61. The van der Waals surface area contributed by atoms with Gasteiger partial charge in [-0.1, -0.05) is 23.2 Å². The van der Waals surface area contributed by atoms with Gasteiger partial charge >= 0.3 is 0 Å². The first-order chi connectivity index (χ1) is 14.4. The molecule has 30 heavy (non-hydrogen) atoms. The molecule has 4 rings (SSSR count). The monoisotopic (exact) mass is 440 g/mol. The number of aryl methyl sites for hydroxylation is 1. The van der Waals surface area contributed by atoms with Crippen molar-refractivity contribution in [2.24, 2.45) is 0 Å². The molecule has 8 heteroatoms. The summed E-state index contributed by atoms with van der Waals surface area (Å²) in [5, 5.41) is 12.7. The van der Waals surface area contributed by atoms with Gasteiger partial charge in [0.2, 0.25) is 0 Å². The molecule has 0 atom stereocenters. The number of benzene rings is 3. The lowest BCUT2D eigenvalue weighted by atomic mass is 10.1. The van der Waals surface area contributed by atoms with Crippen LogP contribution in [-0.4, -0.2) is 27.5 Å². The first kappa shape index (κ1) is 20.2. The van der Waals surface area contributed by atoms with Gasteiger partial charge in [-0.2, -0.15) is 4.80 Å². The van der Waals surface area contributed by atoms with Gasteiger partial charge in [0.15, 0.2) is 0 Å². The van der Waals surface area contributed by atoms with Crippen molar-refractivity contribution < 1.29 is 9.53 Å². The molecular formula is C22H18Cl2N4O2. The molecule has 0 saturated heterocycles. The van der Waals surface area contributed by atoms with Crippen LogP contribution in [0.25, 0.3) is 16.7 Å². The molecule has 1 heterocycles. The highest BCUT2D eigenvalue weighted by Crippen LogP contribution is 2.26. The van der Waals surface area contributed by atoms with E-state index in [9.17, 15) is 4.79 Å². The molecule has 152 valence electrons. The minimum Gasteiger partial charge on any atom is -0.494 e. The number of hydrogen-bond donors (Lipinski definition) is 1. The SMILES string of the molecule is CCOc1ccc(-n2nc3cc(C)c(NC(=O)c4cc(Cl)ccc4Cl)cc3n2)cc1. The summed E-state index contributed by atoms with van der Waals surface area (Å²) in [6, 6.07) is 16.0. The van der Waals surface area contributed by atoms with Gasteiger partial charge in [0.25, 0.3) is 5.91 Å². The van der Waals surface area contributed by atoms with Crippen molar-refractivity contribution in [2.45, 2.75) is 13.8 Å². The standard InChI is InChI=1S/C22H18Cl2N4O2/c1-3-30-16-7-5-15(6-8-16)28-26-20-10-13(2)19(12-21(20)27-28)25-22(29)17-11-14(23)4-9-18(17)24/h4-12H,3H2,1-2H3,(H,25,29). The lowest BCUT2D eigenvalue weighted by Crippen LogP contribution is -2.13. The Morgan fingerprint density at radius 1 is 1.03 bits per heavy atom. The van der Waals surface area contributed by atoms with Gasteiger partial charge < -0.3 is 10.1 Å². The summed E-state index contributed by atoms with van der Waals surface area (Å²) in [5.41, 5.74) is 3.97. The molecule has 0 aliphatic heterocycles. The Balaban J connectivity index is 1.63. The van der Waals surface area contributed by atoms with Crippen LogP contribution in [0.4, 0.5) is 5.69 Å². The molecule has 0 bridgehead atoms. The molecule has 0 fully saturated rings. The van der Waals surface area contributed by atoms with E-state index < -0.39 is 0 Å². The highest BCUT2D eigenvalue weighted by molar-refractivity contribution is 6.36. The zero-order valence-corrected chi connectivity index (χ0v) is 17.8. The number of carbonyl (C=O) groups excluding carboxylic acids is 1. The molecule has 0 radical (unpaired) electrons. The number of fused-ring (bicyclic) bond motifs is 1. The van der Waals surface area contributed by atoms with Crippen LogP contribution in [0.15, 0.2) is 54.6 Å². The molecule has 0 unspecified atom stereocenters. The zero-order chi connectivity index (χ0) is 21.3. The van der Waals surface area contributed by atoms with Crippen molar-refractivity contribution in [3.05, 3.63) is 75.8 Å². The van der Waals surface area contributed by atoms with Crippen LogP contribution in [0.5, 0.6) is 5.75 Å². The van der Waals surface area contributed by atoms with Crippen molar-refractivity contribution in [1.29, 1.82) is 0 Å². The molecule has 0 aliphatic rings. The Morgan fingerprint density at radius 2 is 1.73 bits per heavy atom. The first-order valence-electron chi connectivity index (χ1n) is 9.32. The number of nitrogens with zero attached hydrogens (tertiary/aromatic N) is 3. The van der Waals surface area contributed by atoms with E-state index >= 15 is 0 Å². The van der Waals surface area contributed by atoms with Gasteiger partial charge in [0, 0.05) is 10.7 Å². The summed E-state index contributed by atoms with van der Waals surface area (Å²) in [6.07, 6.45) is 0. The van der Waals surface area contributed by atoms with E-state index in [0.29, 0.717) is 33.4 Å². The summed E-state index contributed by atoms with van der Waals surface area (Å²) in [4.78, 5) is 14.2. The third kappa shape index (κ3) is 4.10. The minimum absolute atomic E-state index is 0.307. The normalized spacial score (nSPS) is 10.9. The third-order valence-corrected chi connectivity index (χ3v) is 5.09. The van der Waals surface area contributed by atoms with Crippen LogP contribution in [0.2, 0.25) is 10.0 Å². The number of aromatic nitrogens is 3. The number of hydrogen-bond acceptors (Lipinski definition) is 4. The summed E-state index contributed by atoms with van der Waals surface area (Å²) < 4.78 is 5.47. The topological polar surface area (TPSA) is 69.0 Å². The second kappa shape index (κ2) is 8.34. The number of carbonyl (C=O) groups is 1. The van der Waals surface area contributed by atoms with E-state index in [0.717, 1.165) is 22.5 Å². The number of amides is 1. The molecule has 1 aromatic heterocycles. The van der Waals surface area contributed by atoms with Gasteiger partial charge in [-0.25, -0.2) is 0 Å². The van der Waals surface area contributed by atoms with Crippen molar-refractivity contribution in [1.82, 2.24) is 15.0 Å². The quantitative estimate of drug-likeness (QED) is 0.432. The van der Waals surface area contributed by atoms with Crippen LogP contribution in [-0.2, 0) is 0 Å². The van der Waals surface area contributed by atoms with Gasteiger partial charge in [-0.3, -0.25) is 4.79 Å². The van der Waals surface area contributed by atoms with Gasteiger partial charge in [-0.05, 0) is 74.0 Å². The maximum absolute atomic E-state index is 12.7. The van der Waals surface area contributed by atoms with Gasteiger partial charge in [-0.15, -0.1) is 10.2 Å². The summed E-state index contributed by atoms with van der Waals surface area (Å²) in [6.45, 7) is 4.44. The van der Waals surface area contributed by atoms with E-state index in [1.54, 1.807) is 23.0 Å². The van der Waals surface area contributed by atoms with Gasteiger partial charge in [0.05, 0.1) is 22.9 Å². The van der Waals surface area contributed by atoms with Crippen molar-refractivity contribution >= 4 is 45.8 Å². The largest absolute Gasteiger partial charge is 0.494 e. The van der Waals surface area contributed by atoms with Crippen molar-refractivity contribution in [3.8, 4) is 11.4 Å². The smallest absolute Gasteiger partial charge is 0.257 e. The highest BCUT2D eigenvalue weighted by atomic mass is 35.5. The molecule has 0 aliphatic carbocycles. The molecule has 1 amide bonds. The number of rotatable bonds is 5. The van der Waals surface area contributed by atoms with E-state index in [1.807, 2.05) is 44.2 Å². The Bertz CT molecular complexity index is 1240. The second-order valence-corrected chi connectivity index (χ2v) is 7.49. The fourth-order valence-corrected chi connectivity index (χ4v) is 3.40. The number of halogens is 2. The van der Waals surface area contributed by atoms with Crippen LogP contribution in [0, 0.1) is 6.92 Å². The molecule has 4 aromatic rings. The Labute approximate surface area is 183 Å². The Hall–Kier alpha value is -3.09. The van der Waals surface area contributed by atoms with E-state index in [4.69, 9.17) is 27.9 Å². The zero-order valence-electron chi connectivity index (χ0n) is 16.3. The predicted octanol–water partition coefficient (Wildman–Crippen LogP) is 5.69. The third-order valence-electron chi connectivity index (χ3n) is 4.53. The van der Waals surface area contributed by atoms with Crippen molar-refractivity contribution in [3.63, 3.8) is 0 Å². The van der Waals surface area contributed by atoms with Crippen LogP contribution in [0.1, 0.15) is 22.8 Å². The molecule has 6 nitrogen and oxygen atoms in total. The Morgan fingerprint density at radius 3 is 2.43 bits per heavy atom. The van der Waals surface area contributed by atoms with Crippen LogP contribution in [0.3, 0.4) is 0 Å². The number of nitrogens with one attached hydrogen (secondary N) is 1. The second-order valence-electron chi connectivity index (χ2n) is 6.65. The average Bonchev–Trinajstić information content (AvgIpc) is 3.13. The fraction of sp³-hybridized carbons (Fsp3) is 0.136. The fourth-order valence-electron chi connectivity index (χ4n) is 3.02. The maximum atomic E-state index is 12.7. The molecular weight excluding hydrogens is 423 g/mol. The lowest BCUT2D eigenvalue weighted by molar-refractivity contribution is 0.102. The van der Waals surface area contributed by atoms with E-state index in [1.165, 1.54) is 6.07 Å². The number of anilines is 1. The highest BCUT2D eigenvalue weighted by Gasteiger charge is 2.14. The number of ether oxygens (including phenoxy) is 1. The predicted molar refractivity (Wildman–Crippen MR) is 119 cm³/mol. The van der Waals surface area contributed by atoms with E-state index in [-0.39, 0.29) is 5.91 Å². The van der Waals surface area contributed by atoms with Crippen LogP contribution < -0.4 is 10.1 Å². The average molecular weight is 441 g/mol. The summed E-state index contributed by atoms with van der Waals surface area (Å²) in [5.74, 6) is 0.447. The molecule has 0 spiro atoms. The molecule has 0 saturated carbocycles. The van der Waals surface area contributed by atoms with Gasteiger partial charge in [0.1, 0.15) is 16.8 Å². The summed E-state index contributed by atoms with van der Waals surface area (Å²) in [7, 11) is 0. The maximum Gasteiger partial charge on any atom is 0.257 e. The van der Waals surface area contributed by atoms with Crippen molar-refractivity contribution in [2.75, 3.05) is 11.9 Å². The lowest BCUT2D eigenvalue weighted by Gasteiger charge is -2.09. The summed E-state index contributed by atoms with van der Waals surface area (Å²) >= 11 is 12.1. The molecule has 3 aromatic carbocycles. The van der Waals surface area contributed by atoms with Crippen LogP contribution >= 0.6 is 23.2 Å². The first-order valence-corrected chi connectivity index (χ1v) is 10.1.